The molecule has 2 aromatic rings. The first-order chi connectivity index (χ1) is 14.5. The van der Waals surface area contributed by atoms with Crippen LogP contribution in [0.4, 0.5) is 11.4 Å². The molecule has 0 radical (unpaired) electrons. The molecule has 0 aliphatic carbocycles. The second kappa shape index (κ2) is 8.58. The molecule has 30 heavy (non-hydrogen) atoms. The molecule has 1 amide bonds. The Labute approximate surface area is 180 Å². The Bertz CT molecular complexity index is 894. The number of carbonyl (C=O) groups is 1. The number of ether oxygens (including phenoxy) is 1. The molecule has 1 saturated heterocycles. The normalized spacial score (nSPS) is 20.6. The minimum Gasteiger partial charge on any atom is -0.497 e. The SMILES string of the molecule is COc1ccc2c(c1)N1CCN(c3ccc(C)cc3)C[C@@H]1[C@H](C(=O)NCC(C)C)C2. The number of nitrogens with one attached hydrogen (secondary N) is 1. The third kappa shape index (κ3) is 4.11. The van der Waals surface area contributed by atoms with Gasteiger partial charge in [-0.15, -0.1) is 0 Å². The van der Waals surface area contributed by atoms with Gasteiger partial charge >= 0.3 is 0 Å². The quantitative estimate of drug-likeness (QED) is 0.822. The number of hydrogen-bond donors (Lipinski definition) is 1. The molecule has 2 aliphatic heterocycles. The van der Waals surface area contributed by atoms with Crippen molar-refractivity contribution in [2.75, 3.05) is 43.1 Å². The van der Waals surface area contributed by atoms with E-state index in [0.29, 0.717) is 5.92 Å². The fourth-order valence-corrected chi connectivity index (χ4v) is 4.63. The van der Waals surface area contributed by atoms with Crippen molar-refractivity contribution in [2.45, 2.75) is 33.2 Å². The van der Waals surface area contributed by atoms with Crippen molar-refractivity contribution < 1.29 is 9.53 Å². The zero-order chi connectivity index (χ0) is 21.3. The van der Waals surface area contributed by atoms with Gasteiger partial charge in [0.1, 0.15) is 5.75 Å². The highest BCUT2D eigenvalue weighted by molar-refractivity contribution is 5.82. The standard InChI is InChI=1S/C25H33N3O2/c1-17(2)15-26-25(29)22-13-19-7-10-21(30-4)14-23(19)28-12-11-27(16-24(22)28)20-8-5-18(3)6-9-20/h5-10,14,17,22,24H,11-13,15-16H2,1-4H3,(H,26,29)/t22-,24-/m1/s1. The molecule has 2 atom stereocenters. The molecule has 0 bridgehead atoms. The van der Waals surface area contributed by atoms with Gasteiger partial charge in [0, 0.05) is 43.6 Å². The zero-order valence-electron chi connectivity index (χ0n) is 18.5. The second-order valence-electron chi connectivity index (χ2n) is 8.99. The molecule has 0 saturated carbocycles. The van der Waals surface area contributed by atoms with E-state index in [1.165, 1.54) is 22.5 Å². The van der Waals surface area contributed by atoms with Crippen LogP contribution in [0.5, 0.6) is 5.75 Å². The maximum absolute atomic E-state index is 13.2. The van der Waals surface area contributed by atoms with E-state index in [-0.39, 0.29) is 17.9 Å². The molecule has 2 aromatic carbocycles. The summed E-state index contributed by atoms with van der Waals surface area (Å²) in [6.07, 6.45) is 0.770. The Morgan fingerprint density at radius 2 is 1.93 bits per heavy atom. The number of carbonyl (C=O) groups excluding carboxylic acids is 1. The number of methoxy groups -OCH3 is 1. The van der Waals surface area contributed by atoms with Gasteiger partial charge in [-0.2, -0.15) is 0 Å². The van der Waals surface area contributed by atoms with Gasteiger partial charge < -0.3 is 19.9 Å². The van der Waals surface area contributed by atoms with E-state index in [2.05, 4.69) is 72.3 Å². The zero-order valence-corrected chi connectivity index (χ0v) is 18.5. The van der Waals surface area contributed by atoms with E-state index in [4.69, 9.17) is 4.74 Å². The Morgan fingerprint density at radius 1 is 1.17 bits per heavy atom. The lowest BCUT2D eigenvalue weighted by molar-refractivity contribution is -0.126. The highest BCUT2D eigenvalue weighted by Gasteiger charge is 2.41. The molecule has 0 spiro atoms. The van der Waals surface area contributed by atoms with Crippen molar-refractivity contribution in [1.29, 1.82) is 0 Å². The van der Waals surface area contributed by atoms with Crippen LogP contribution in [0.3, 0.4) is 0 Å². The van der Waals surface area contributed by atoms with Crippen molar-refractivity contribution >= 4 is 17.3 Å². The maximum atomic E-state index is 13.2. The van der Waals surface area contributed by atoms with Gasteiger partial charge in [0.25, 0.3) is 0 Å². The Balaban J connectivity index is 1.64. The van der Waals surface area contributed by atoms with E-state index in [1.807, 2.05) is 6.07 Å². The summed E-state index contributed by atoms with van der Waals surface area (Å²) >= 11 is 0. The highest BCUT2D eigenvalue weighted by Crippen LogP contribution is 2.39. The summed E-state index contributed by atoms with van der Waals surface area (Å²) < 4.78 is 5.48. The van der Waals surface area contributed by atoms with Gasteiger partial charge in [-0.25, -0.2) is 0 Å². The van der Waals surface area contributed by atoms with Crippen LogP contribution < -0.4 is 19.9 Å². The van der Waals surface area contributed by atoms with E-state index in [0.717, 1.165) is 38.3 Å². The van der Waals surface area contributed by atoms with Gasteiger partial charge in [-0.05, 0) is 43.0 Å². The number of aryl methyl sites for hydroxylation is 1. The third-order valence-corrected chi connectivity index (χ3v) is 6.35. The predicted octanol–water partition coefficient (Wildman–Crippen LogP) is 3.64. The van der Waals surface area contributed by atoms with Crippen LogP contribution in [-0.2, 0) is 11.2 Å². The van der Waals surface area contributed by atoms with Gasteiger partial charge in [0.15, 0.2) is 0 Å². The summed E-state index contributed by atoms with van der Waals surface area (Å²) in [5.41, 5.74) is 4.95. The smallest absolute Gasteiger partial charge is 0.225 e. The average molecular weight is 408 g/mol. The second-order valence-corrected chi connectivity index (χ2v) is 8.99. The van der Waals surface area contributed by atoms with Crippen LogP contribution in [0.2, 0.25) is 0 Å². The van der Waals surface area contributed by atoms with Gasteiger partial charge in [0.2, 0.25) is 5.91 Å². The summed E-state index contributed by atoms with van der Waals surface area (Å²) in [7, 11) is 1.71. The van der Waals surface area contributed by atoms with Crippen molar-refractivity contribution in [3.8, 4) is 5.75 Å². The first-order valence-electron chi connectivity index (χ1n) is 11.0. The number of piperazine rings is 1. The molecular formula is C25H33N3O2. The number of rotatable bonds is 5. The molecule has 5 heteroatoms. The molecule has 1 fully saturated rings. The molecule has 160 valence electrons. The topological polar surface area (TPSA) is 44.8 Å². The summed E-state index contributed by atoms with van der Waals surface area (Å²) in [6, 6.07) is 15.1. The lowest BCUT2D eigenvalue weighted by Gasteiger charge is -2.49. The van der Waals surface area contributed by atoms with E-state index in [1.54, 1.807) is 7.11 Å². The van der Waals surface area contributed by atoms with E-state index >= 15 is 0 Å². The van der Waals surface area contributed by atoms with Crippen LogP contribution in [-0.4, -0.2) is 45.2 Å². The largest absolute Gasteiger partial charge is 0.497 e. The fourth-order valence-electron chi connectivity index (χ4n) is 4.63. The van der Waals surface area contributed by atoms with Crippen molar-refractivity contribution in [3.63, 3.8) is 0 Å². The van der Waals surface area contributed by atoms with Crippen LogP contribution in [0.25, 0.3) is 0 Å². The molecular weight excluding hydrogens is 374 g/mol. The third-order valence-electron chi connectivity index (χ3n) is 6.35. The average Bonchev–Trinajstić information content (AvgIpc) is 2.76. The summed E-state index contributed by atoms with van der Waals surface area (Å²) in [5, 5.41) is 3.19. The van der Waals surface area contributed by atoms with E-state index < -0.39 is 0 Å². The number of nitrogens with zero attached hydrogens (tertiary/aromatic N) is 2. The number of amides is 1. The van der Waals surface area contributed by atoms with E-state index in [9.17, 15) is 4.79 Å². The summed E-state index contributed by atoms with van der Waals surface area (Å²) in [4.78, 5) is 18.1. The Kier molecular flexibility index (Phi) is 5.89. The van der Waals surface area contributed by atoms with Gasteiger partial charge in [0.05, 0.1) is 19.1 Å². The predicted molar refractivity (Wildman–Crippen MR) is 123 cm³/mol. The minimum absolute atomic E-state index is 0.0575. The number of anilines is 2. The first kappa shape index (κ1) is 20.6. The Hall–Kier alpha value is -2.69. The van der Waals surface area contributed by atoms with Gasteiger partial charge in [-0.3, -0.25) is 4.79 Å². The molecule has 0 unspecified atom stereocenters. The van der Waals surface area contributed by atoms with Crippen LogP contribution >= 0.6 is 0 Å². The van der Waals surface area contributed by atoms with Crippen molar-refractivity contribution in [1.82, 2.24) is 5.32 Å². The lowest BCUT2D eigenvalue weighted by atomic mass is 9.83. The van der Waals surface area contributed by atoms with Gasteiger partial charge in [-0.1, -0.05) is 37.6 Å². The molecule has 4 rings (SSSR count). The molecule has 2 heterocycles. The maximum Gasteiger partial charge on any atom is 0.225 e. The Morgan fingerprint density at radius 3 is 2.63 bits per heavy atom. The molecule has 5 nitrogen and oxygen atoms in total. The molecule has 1 N–H and O–H groups in total. The fraction of sp³-hybridized carbons (Fsp3) is 0.480. The monoisotopic (exact) mass is 407 g/mol. The summed E-state index contributed by atoms with van der Waals surface area (Å²) in [6.45, 7) is 9.79. The first-order valence-corrected chi connectivity index (χ1v) is 11.0. The number of benzene rings is 2. The number of hydrogen-bond acceptors (Lipinski definition) is 4. The number of fused-ring (bicyclic) bond motifs is 3. The van der Waals surface area contributed by atoms with Crippen molar-refractivity contribution in [2.24, 2.45) is 11.8 Å². The minimum atomic E-state index is -0.0575. The highest BCUT2D eigenvalue weighted by atomic mass is 16.5. The molecule has 0 aromatic heterocycles. The molecule has 2 aliphatic rings. The van der Waals surface area contributed by atoms with Crippen LogP contribution in [0.1, 0.15) is 25.0 Å². The van der Waals surface area contributed by atoms with Crippen LogP contribution in [0.15, 0.2) is 42.5 Å². The van der Waals surface area contributed by atoms with Crippen molar-refractivity contribution in [3.05, 3.63) is 53.6 Å². The summed E-state index contributed by atoms with van der Waals surface area (Å²) in [5.74, 6) is 1.43. The lowest BCUT2D eigenvalue weighted by Crippen LogP contribution is -2.61. The van der Waals surface area contributed by atoms with Crippen LogP contribution in [0, 0.1) is 18.8 Å².